The molecule has 0 amide bonds. The van der Waals surface area contributed by atoms with Crippen LogP contribution >= 0.6 is 0 Å². The highest BCUT2D eigenvalue weighted by atomic mass is 32.2. The second-order valence-electron chi connectivity index (χ2n) is 5.96. The molecule has 2 aliphatic heterocycles. The molecule has 1 fully saturated rings. The zero-order valence-corrected chi connectivity index (χ0v) is 12.0. The molecule has 104 valence electrons. The lowest BCUT2D eigenvalue weighted by Crippen LogP contribution is -2.42. The fourth-order valence-corrected chi connectivity index (χ4v) is 5.05. The topological polar surface area (TPSA) is 58.2 Å². The molecule has 0 radical (unpaired) electrons. The molecule has 0 bridgehead atoms. The molecule has 2 N–H and O–H groups in total. The molecule has 1 saturated heterocycles. The normalized spacial score (nSPS) is 28.5. The van der Waals surface area contributed by atoms with Crippen LogP contribution in [0.1, 0.15) is 30.0 Å². The van der Waals surface area contributed by atoms with Crippen molar-refractivity contribution in [2.75, 3.05) is 11.5 Å². The molecule has 2 aliphatic rings. The lowest BCUT2D eigenvalue weighted by molar-refractivity contribution is 0.395. The Kier molecular flexibility index (Phi) is 3.15. The maximum atomic E-state index is 11.6. The second-order valence-corrected chi connectivity index (χ2v) is 8.15. The van der Waals surface area contributed by atoms with E-state index in [4.69, 9.17) is 0 Å². The van der Waals surface area contributed by atoms with Crippen LogP contribution in [0.25, 0.3) is 0 Å². The Balaban J connectivity index is 1.67. The van der Waals surface area contributed by atoms with Gasteiger partial charge in [-0.1, -0.05) is 18.2 Å². The summed E-state index contributed by atoms with van der Waals surface area (Å²) < 4.78 is 23.1. The van der Waals surface area contributed by atoms with Crippen molar-refractivity contribution < 1.29 is 8.42 Å². The molecule has 1 unspecified atom stereocenters. The molecule has 1 atom stereocenters. The van der Waals surface area contributed by atoms with Crippen molar-refractivity contribution in [3.05, 3.63) is 34.9 Å². The van der Waals surface area contributed by atoms with Gasteiger partial charge in [-0.3, -0.25) is 0 Å². The first-order valence-corrected chi connectivity index (χ1v) is 8.55. The number of sulfone groups is 1. The predicted octanol–water partition coefficient (Wildman–Crippen LogP) is 0.957. The second kappa shape index (κ2) is 4.58. The molecular formula is C14H20N2O2S. The minimum absolute atomic E-state index is 0.256. The smallest absolute Gasteiger partial charge is 0.152 e. The van der Waals surface area contributed by atoms with E-state index in [1.165, 1.54) is 16.7 Å². The van der Waals surface area contributed by atoms with E-state index in [-0.39, 0.29) is 11.3 Å². The molecule has 1 aromatic carbocycles. The van der Waals surface area contributed by atoms with E-state index < -0.39 is 9.84 Å². The summed E-state index contributed by atoms with van der Waals surface area (Å²) in [6.45, 7) is 4.64. The number of hydrogen-bond acceptors (Lipinski definition) is 4. The van der Waals surface area contributed by atoms with Crippen molar-refractivity contribution in [2.24, 2.45) is 0 Å². The zero-order chi connectivity index (χ0) is 13.5. The molecule has 0 aliphatic carbocycles. The molecule has 0 spiro atoms. The van der Waals surface area contributed by atoms with Crippen molar-refractivity contribution >= 4 is 9.84 Å². The monoisotopic (exact) mass is 280 g/mol. The van der Waals surface area contributed by atoms with Gasteiger partial charge in [-0.25, -0.2) is 8.42 Å². The van der Waals surface area contributed by atoms with Crippen LogP contribution in [0.5, 0.6) is 0 Å². The molecular weight excluding hydrogens is 260 g/mol. The fourth-order valence-electron chi connectivity index (χ4n) is 2.92. The van der Waals surface area contributed by atoms with Gasteiger partial charge in [-0.05, 0) is 30.0 Å². The average Bonchev–Trinajstić information content (AvgIpc) is 2.91. The first kappa shape index (κ1) is 13.1. The summed E-state index contributed by atoms with van der Waals surface area (Å²) in [5.74, 6) is 0.567. The standard InChI is InChI=1S/C14H20N2O2S/c1-14(4-5-19(17,18)10-14)16-7-11-2-3-12-8-15-9-13(12)6-11/h2-3,6,15-16H,4-5,7-10H2,1H3. The van der Waals surface area contributed by atoms with E-state index in [0.29, 0.717) is 12.2 Å². The Bertz CT molecular complexity index is 597. The SMILES string of the molecule is CC1(NCc2ccc3c(c2)CNC3)CCS(=O)(=O)C1. The van der Waals surface area contributed by atoms with Crippen LogP contribution in [0.3, 0.4) is 0 Å². The van der Waals surface area contributed by atoms with Gasteiger partial charge in [0, 0.05) is 25.2 Å². The molecule has 4 nitrogen and oxygen atoms in total. The first-order chi connectivity index (χ1) is 8.96. The van der Waals surface area contributed by atoms with Crippen molar-refractivity contribution in [3.63, 3.8) is 0 Å². The predicted molar refractivity (Wildman–Crippen MR) is 75.5 cm³/mol. The lowest BCUT2D eigenvalue weighted by atomic mass is 10.0. The highest BCUT2D eigenvalue weighted by molar-refractivity contribution is 7.91. The Morgan fingerprint density at radius 1 is 1.32 bits per heavy atom. The highest BCUT2D eigenvalue weighted by Crippen LogP contribution is 2.24. The van der Waals surface area contributed by atoms with Crippen LogP contribution in [0.2, 0.25) is 0 Å². The molecule has 0 aromatic heterocycles. The van der Waals surface area contributed by atoms with Gasteiger partial charge in [-0.2, -0.15) is 0 Å². The van der Waals surface area contributed by atoms with Crippen molar-refractivity contribution in [1.82, 2.24) is 10.6 Å². The minimum atomic E-state index is -2.84. The van der Waals surface area contributed by atoms with Gasteiger partial charge in [0.05, 0.1) is 11.5 Å². The number of fused-ring (bicyclic) bond motifs is 1. The number of rotatable bonds is 3. The maximum Gasteiger partial charge on any atom is 0.152 e. The number of benzene rings is 1. The number of nitrogens with one attached hydrogen (secondary N) is 2. The zero-order valence-electron chi connectivity index (χ0n) is 11.2. The van der Waals surface area contributed by atoms with Gasteiger partial charge in [0.1, 0.15) is 0 Å². The van der Waals surface area contributed by atoms with Gasteiger partial charge in [0.2, 0.25) is 0 Å². The molecule has 19 heavy (non-hydrogen) atoms. The van der Waals surface area contributed by atoms with E-state index in [0.717, 1.165) is 19.6 Å². The minimum Gasteiger partial charge on any atom is -0.309 e. The Morgan fingerprint density at radius 3 is 2.84 bits per heavy atom. The molecule has 5 heteroatoms. The van der Waals surface area contributed by atoms with Gasteiger partial charge < -0.3 is 10.6 Å². The molecule has 2 heterocycles. The van der Waals surface area contributed by atoms with Crippen molar-refractivity contribution in [1.29, 1.82) is 0 Å². The van der Waals surface area contributed by atoms with Crippen molar-refractivity contribution in [2.45, 2.75) is 38.5 Å². The van der Waals surface area contributed by atoms with E-state index in [2.05, 4.69) is 28.8 Å². The van der Waals surface area contributed by atoms with Gasteiger partial charge in [0.15, 0.2) is 9.84 Å². The summed E-state index contributed by atoms with van der Waals surface area (Å²) >= 11 is 0. The third-order valence-corrected chi connectivity index (χ3v) is 6.03. The van der Waals surface area contributed by atoms with Gasteiger partial charge >= 0.3 is 0 Å². The summed E-state index contributed by atoms with van der Waals surface area (Å²) in [6, 6.07) is 6.51. The van der Waals surface area contributed by atoms with E-state index in [9.17, 15) is 8.42 Å². The largest absolute Gasteiger partial charge is 0.309 e. The molecule has 1 aromatic rings. The maximum absolute atomic E-state index is 11.6. The van der Waals surface area contributed by atoms with E-state index >= 15 is 0 Å². The van der Waals surface area contributed by atoms with E-state index in [1.807, 2.05) is 6.92 Å². The highest BCUT2D eigenvalue weighted by Gasteiger charge is 2.37. The summed E-state index contributed by atoms with van der Waals surface area (Å²) in [5.41, 5.74) is 3.70. The van der Waals surface area contributed by atoms with Crippen LogP contribution in [0, 0.1) is 0 Å². The fraction of sp³-hybridized carbons (Fsp3) is 0.571. The molecule has 3 rings (SSSR count). The van der Waals surface area contributed by atoms with Crippen LogP contribution in [-0.2, 0) is 29.5 Å². The lowest BCUT2D eigenvalue weighted by Gasteiger charge is -2.24. The first-order valence-electron chi connectivity index (χ1n) is 6.73. The molecule has 0 saturated carbocycles. The third kappa shape index (κ3) is 2.83. The van der Waals surface area contributed by atoms with Crippen molar-refractivity contribution in [3.8, 4) is 0 Å². The van der Waals surface area contributed by atoms with Crippen LogP contribution in [-0.4, -0.2) is 25.5 Å². The Morgan fingerprint density at radius 2 is 2.11 bits per heavy atom. The Hall–Kier alpha value is -0.910. The summed E-state index contributed by atoms with van der Waals surface area (Å²) in [4.78, 5) is 0. The van der Waals surface area contributed by atoms with Crippen LogP contribution < -0.4 is 10.6 Å². The summed E-state index contributed by atoms with van der Waals surface area (Å²) in [6.07, 6.45) is 0.710. The van der Waals surface area contributed by atoms with Gasteiger partial charge in [0.25, 0.3) is 0 Å². The summed E-state index contributed by atoms with van der Waals surface area (Å²) in [5, 5.41) is 6.75. The Labute approximate surface area is 114 Å². The third-order valence-electron chi connectivity index (χ3n) is 4.12. The number of hydrogen-bond donors (Lipinski definition) is 2. The quantitative estimate of drug-likeness (QED) is 0.866. The van der Waals surface area contributed by atoms with Crippen LogP contribution in [0.4, 0.5) is 0 Å². The van der Waals surface area contributed by atoms with Gasteiger partial charge in [-0.15, -0.1) is 0 Å². The summed E-state index contributed by atoms with van der Waals surface area (Å²) in [7, 11) is -2.84. The average molecular weight is 280 g/mol. The van der Waals surface area contributed by atoms with E-state index in [1.54, 1.807) is 0 Å². The van der Waals surface area contributed by atoms with Crippen LogP contribution in [0.15, 0.2) is 18.2 Å².